The smallest absolute Gasteiger partial charge is 0.338 e. The number of hydrogen-bond acceptors (Lipinski definition) is 6. The number of benzene rings is 1. The lowest BCUT2D eigenvalue weighted by Crippen LogP contribution is -2.24. The minimum atomic E-state index is -1.28. The van der Waals surface area contributed by atoms with Crippen LogP contribution in [0.15, 0.2) is 18.2 Å². The first-order valence-electron chi connectivity index (χ1n) is 5.38. The number of aromatic carboxylic acids is 1. The molecule has 8 nitrogen and oxygen atoms in total. The minimum absolute atomic E-state index is 0.0753. The molecule has 104 valence electrons. The van der Waals surface area contributed by atoms with Gasteiger partial charge in [-0.2, -0.15) is 0 Å². The van der Waals surface area contributed by atoms with Crippen LogP contribution in [0.4, 0.5) is 11.4 Å². The Kier molecular flexibility index (Phi) is 5.22. The van der Waals surface area contributed by atoms with Crippen LogP contribution in [-0.2, 0) is 4.74 Å². The van der Waals surface area contributed by atoms with Gasteiger partial charge in [0.2, 0.25) is 0 Å². The number of methoxy groups -OCH3 is 1. The van der Waals surface area contributed by atoms with Crippen molar-refractivity contribution in [3.05, 3.63) is 33.9 Å². The Morgan fingerprint density at radius 3 is 2.79 bits per heavy atom. The van der Waals surface area contributed by atoms with Gasteiger partial charge < -0.3 is 20.3 Å². The summed E-state index contributed by atoms with van der Waals surface area (Å²) in [4.78, 5) is 20.9. The van der Waals surface area contributed by atoms with Crippen molar-refractivity contribution in [1.82, 2.24) is 0 Å². The molecule has 1 atom stereocenters. The number of aliphatic hydroxyl groups is 1. The average Bonchev–Trinajstić information content (AvgIpc) is 2.36. The first-order chi connectivity index (χ1) is 8.95. The Bertz CT molecular complexity index is 476. The highest BCUT2D eigenvalue weighted by Gasteiger charge is 2.16. The van der Waals surface area contributed by atoms with Gasteiger partial charge in [-0.05, 0) is 6.07 Å². The third-order valence-electron chi connectivity index (χ3n) is 2.33. The van der Waals surface area contributed by atoms with Gasteiger partial charge >= 0.3 is 5.97 Å². The van der Waals surface area contributed by atoms with E-state index >= 15 is 0 Å². The lowest BCUT2D eigenvalue weighted by Gasteiger charge is -2.13. The van der Waals surface area contributed by atoms with Gasteiger partial charge in [-0.3, -0.25) is 10.1 Å². The second kappa shape index (κ2) is 6.66. The van der Waals surface area contributed by atoms with Gasteiger partial charge in [0.25, 0.3) is 5.69 Å². The highest BCUT2D eigenvalue weighted by Crippen LogP contribution is 2.22. The molecule has 1 unspecified atom stereocenters. The molecule has 8 heteroatoms. The molecule has 0 radical (unpaired) electrons. The molecule has 0 heterocycles. The fourth-order valence-corrected chi connectivity index (χ4v) is 1.46. The predicted octanol–water partition coefficient (Wildman–Crippen LogP) is 0.712. The molecule has 0 aliphatic heterocycles. The first-order valence-corrected chi connectivity index (χ1v) is 5.38. The van der Waals surface area contributed by atoms with Crippen LogP contribution in [0.25, 0.3) is 0 Å². The fraction of sp³-hybridized carbons (Fsp3) is 0.364. The number of carbonyl (C=O) groups is 1. The maximum atomic E-state index is 11.0. The van der Waals surface area contributed by atoms with Gasteiger partial charge in [-0.15, -0.1) is 0 Å². The van der Waals surface area contributed by atoms with Crippen molar-refractivity contribution in [1.29, 1.82) is 0 Å². The van der Waals surface area contributed by atoms with Gasteiger partial charge in [0.15, 0.2) is 0 Å². The summed E-state index contributed by atoms with van der Waals surface area (Å²) in [5.41, 5.74) is -0.326. The number of carboxylic acid groups (broad SMARTS) is 1. The van der Waals surface area contributed by atoms with Crippen LogP contribution < -0.4 is 5.32 Å². The summed E-state index contributed by atoms with van der Waals surface area (Å²) in [6.07, 6.45) is -0.804. The normalized spacial score (nSPS) is 11.9. The molecule has 0 fully saturated rings. The molecule has 0 bridgehead atoms. The van der Waals surface area contributed by atoms with Gasteiger partial charge in [-0.25, -0.2) is 4.79 Å². The predicted molar refractivity (Wildman–Crippen MR) is 66.4 cm³/mol. The number of aliphatic hydroxyl groups excluding tert-OH is 1. The summed E-state index contributed by atoms with van der Waals surface area (Å²) in [6.45, 7) is 0.175. The second-order valence-corrected chi connectivity index (χ2v) is 3.78. The van der Waals surface area contributed by atoms with Crippen LogP contribution in [0.2, 0.25) is 0 Å². The van der Waals surface area contributed by atoms with Crippen LogP contribution in [0.3, 0.4) is 0 Å². The number of hydrogen-bond donors (Lipinski definition) is 3. The van der Waals surface area contributed by atoms with Crippen molar-refractivity contribution in [2.75, 3.05) is 25.6 Å². The third kappa shape index (κ3) is 4.19. The van der Waals surface area contributed by atoms with Gasteiger partial charge in [0.05, 0.1) is 23.2 Å². The van der Waals surface area contributed by atoms with E-state index in [0.717, 1.165) is 6.07 Å². The zero-order chi connectivity index (χ0) is 14.4. The molecule has 1 rings (SSSR count). The Hall–Kier alpha value is -2.19. The van der Waals surface area contributed by atoms with Crippen molar-refractivity contribution >= 4 is 17.3 Å². The molecule has 0 saturated carbocycles. The Labute approximate surface area is 108 Å². The van der Waals surface area contributed by atoms with Gasteiger partial charge in [0, 0.05) is 31.5 Å². The summed E-state index contributed by atoms with van der Waals surface area (Å²) >= 11 is 0. The fourth-order valence-electron chi connectivity index (χ4n) is 1.46. The quantitative estimate of drug-likeness (QED) is 0.492. The summed E-state index contributed by atoms with van der Waals surface area (Å²) in [5.74, 6) is -1.28. The van der Waals surface area contributed by atoms with Crippen molar-refractivity contribution < 1.29 is 24.7 Å². The molecular weight excluding hydrogens is 256 g/mol. The van der Waals surface area contributed by atoms with Crippen molar-refractivity contribution in [2.45, 2.75) is 6.10 Å². The van der Waals surface area contributed by atoms with Crippen molar-refractivity contribution in [2.24, 2.45) is 0 Å². The Morgan fingerprint density at radius 1 is 1.58 bits per heavy atom. The number of ether oxygens (including phenoxy) is 1. The number of rotatable bonds is 7. The molecule has 0 saturated heterocycles. The van der Waals surface area contributed by atoms with E-state index in [9.17, 15) is 20.0 Å². The number of nitrogens with one attached hydrogen (secondary N) is 1. The summed E-state index contributed by atoms with van der Waals surface area (Å²) < 4.78 is 4.72. The van der Waals surface area contributed by atoms with Crippen LogP contribution >= 0.6 is 0 Å². The second-order valence-electron chi connectivity index (χ2n) is 3.78. The minimum Gasteiger partial charge on any atom is -0.478 e. The number of non-ortho nitro benzene ring substituents is 1. The SMILES string of the molecule is COCC(O)CNc1ccc([N+](=O)[O-])cc1C(=O)O. The average molecular weight is 270 g/mol. The van der Waals surface area contributed by atoms with E-state index in [0.29, 0.717) is 0 Å². The number of carboxylic acids is 1. The van der Waals surface area contributed by atoms with E-state index in [1.807, 2.05) is 0 Å². The maximum Gasteiger partial charge on any atom is 0.338 e. The van der Waals surface area contributed by atoms with E-state index in [1.54, 1.807) is 0 Å². The lowest BCUT2D eigenvalue weighted by molar-refractivity contribution is -0.384. The molecule has 3 N–H and O–H groups in total. The molecule has 1 aromatic rings. The largest absolute Gasteiger partial charge is 0.478 e. The molecule has 0 amide bonds. The summed E-state index contributed by atoms with van der Waals surface area (Å²) in [7, 11) is 1.43. The molecule has 0 aromatic heterocycles. The molecular formula is C11H14N2O6. The lowest BCUT2D eigenvalue weighted by atomic mass is 10.1. The molecule has 19 heavy (non-hydrogen) atoms. The number of nitro groups is 1. The third-order valence-corrected chi connectivity index (χ3v) is 2.33. The number of nitrogens with zero attached hydrogens (tertiary/aromatic N) is 1. The zero-order valence-electron chi connectivity index (χ0n) is 10.2. The van der Waals surface area contributed by atoms with Crippen molar-refractivity contribution in [3.8, 4) is 0 Å². The Morgan fingerprint density at radius 2 is 2.26 bits per heavy atom. The highest BCUT2D eigenvalue weighted by molar-refractivity contribution is 5.95. The van der Waals surface area contributed by atoms with E-state index in [2.05, 4.69) is 5.32 Å². The zero-order valence-corrected chi connectivity index (χ0v) is 10.2. The van der Waals surface area contributed by atoms with E-state index < -0.39 is 17.0 Å². The van der Waals surface area contributed by atoms with Crippen LogP contribution in [0.5, 0.6) is 0 Å². The van der Waals surface area contributed by atoms with Gasteiger partial charge in [-0.1, -0.05) is 0 Å². The van der Waals surface area contributed by atoms with E-state index in [1.165, 1.54) is 19.2 Å². The Balaban J connectivity index is 2.88. The monoisotopic (exact) mass is 270 g/mol. The van der Waals surface area contributed by atoms with Crippen LogP contribution in [0.1, 0.15) is 10.4 Å². The molecule has 1 aromatic carbocycles. The molecule has 0 spiro atoms. The van der Waals surface area contributed by atoms with E-state index in [-0.39, 0.29) is 30.1 Å². The standard InChI is InChI=1S/C11H14N2O6/c1-19-6-8(14)5-12-10-3-2-7(13(17)18)4-9(10)11(15)16/h2-4,8,12,14H,5-6H2,1H3,(H,15,16). The van der Waals surface area contributed by atoms with Crippen LogP contribution in [0, 0.1) is 10.1 Å². The van der Waals surface area contributed by atoms with E-state index in [4.69, 9.17) is 9.84 Å². The molecule has 0 aliphatic rings. The first kappa shape index (κ1) is 14.9. The van der Waals surface area contributed by atoms with Crippen molar-refractivity contribution in [3.63, 3.8) is 0 Å². The highest BCUT2D eigenvalue weighted by atomic mass is 16.6. The maximum absolute atomic E-state index is 11.0. The number of anilines is 1. The number of nitro benzene ring substituents is 1. The summed E-state index contributed by atoms with van der Waals surface area (Å²) in [5, 5.41) is 31.7. The topological polar surface area (TPSA) is 122 Å². The van der Waals surface area contributed by atoms with Crippen LogP contribution in [-0.4, -0.2) is 47.5 Å². The summed E-state index contributed by atoms with van der Waals surface area (Å²) in [6, 6.07) is 3.45. The van der Waals surface area contributed by atoms with Gasteiger partial charge in [0.1, 0.15) is 0 Å². The molecule has 0 aliphatic carbocycles.